The standard InChI is InChI=1S/C14H28O2.2C13H28.2C13H26.2C7H14O2.C4H11N.CH4/c1-10(2)8-7-9-13(15)16-14(11(3)4)12(5)6;2*1-12(2)10-8-6-5-7-9-11-13(3)4;2*1-5-6-7-8-9-10-11-13(4)12(2)3;2*1-5(2)7(8)9-6(3)4;1-4(2)5-3;/h10-12,14H,7-9H2,1-6H3;2*12-13H,5-11H2,1-4H3;2*10-13H,5-9H2,1-4H3;2*5-6H,1-4H3;4-5H,1-3H3;1H4/b;;;2*11-10-;;;;. The van der Waals surface area contributed by atoms with Gasteiger partial charge in [0.25, 0.3) is 0 Å². The Morgan fingerprint density at radius 2 is 0.587 bits per heavy atom. The fraction of sp³-hybridized carbons (Fsp3) is 0.918. The SMILES string of the molecule is C.CC(C)CCCC(=O)OC(C(C)C)C(C)C.CC(C)CCCCCCCC(C)C.CC(C)CCCCCCCC(C)C.CC(C)OC(=O)C(C)C.CC(C)OC(=O)C(C)C.CCCCCC/C=C\C(C)C(C)C.CCCCCC/C=C\C(C)C(C)C.CNC(C)C. The molecule has 0 fully saturated rings. The Morgan fingerprint density at radius 1 is 0.337 bits per heavy atom. The molecule has 2 unspecified atom stereocenters. The molecule has 560 valence electrons. The number of hydrogen-bond donors (Lipinski definition) is 1. The first-order valence-corrected chi connectivity index (χ1v) is 38.9. The topological polar surface area (TPSA) is 90.9 Å². The number of unbranched alkanes of at least 4 members (excludes halogenated alkanes) is 16. The molecule has 0 rings (SSSR count). The zero-order valence-corrected chi connectivity index (χ0v) is 68.7. The molecule has 0 aromatic carbocycles. The molecule has 0 radical (unpaired) electrons. The Bertz CT molecular complexity index is 1370. The third kappa shape index (κ3) is 109. The number of esters is 3. The highest BCUT2D eigenvalue weighted by atomic mass is 16.6. The number of ether oxygens (including phenoxy) is 3. The van der Waals surface area contributed by atoms with Crippen molar-refractivity contribution in [1.82, 2.24) is 5.32 Å². The van der Waals surface area contributed by atoms with Gasteiger partial charge in [0.1, 0.15) is 6.10 Å². The smallest absolute Gasteiger partial charge is 0.308 e. The monoisotopic (exact) mass is 1310 g/mol. The molecule has 7 heteroatoms. The molecule has 0 bridgehead atoms. The molecule has 7 nitrogen and oxygen atoms in total. The van der Waals surface area contributed by atoms with E-state index in [1.165, 1.54) is 154 Å². The lowest BCUT2D eigenvalue weighted by Crippen LogP contribution is -2.28. The van der Waals surface area contributed by atoms with E-state index in [9.17, 15) is 14.4 Å². The molecule has 0 aromatic heterocycles. The Labute approximate surface area is 583 Å². The summed E-state index contributed by atoms with van der Waals surface area (Å²) < 4.78 is 15.3. The first-order chi connectivity index (χ1) is 42.3. The van der Waals surface area contributed by atoms with E-state index in [4.69, 9.17) is 14.2 Å². The number of carbonyl (C=O) groups is 3. The summed E-state index contributed by atoms with van der Waals surface area (Å²) in [6, 6.07) is 0.634. The fourth-order valence-electron chi connectivity index (χ4n) is 8.36. The van der Waals surface area contributed by atoms with Crippen LogP contribution in [-0.4, -0.2) is 49.3 Å². The van der Waals surface area contributed by atoms with Gasteiger partial charge in [0.15, 0.2) is 0 Å². The van der Waals surface area contributed by atoms with Crippen LogP contribution < -0.4 is 5.32 Å². The molecular formula is C85H179NO6. The minimum Gasteiger partial charge on any atom is -0.463 e. The molecule has 0 saturated heterocycles. The van der Waals surface area contributed by atoms with Crippen molar-refractivity contribution in [3.8, 4) is 0 Å². The van der Waals surface area contributed by atoms with Crippen molar-refractivity contribution in [2.45, 2.75) is 427 Å². The number of carbonyl (C=O) groups excluding carboxylic acids is 3. The average Bonchev–Trinajstić information content (AvgIpc) is 2.82. The van der Waals surface area contributed by atoms with E-state index >= 15 is 0 Å². The third-order valence-electron chi connectivity index (χ3n) is 15.5. The molecule has 0 aliphatic heterocycles. The lowest BCUT2D eigenvalue weighted by molar-refractivity contribution is -0.154. The minimum absolute atomic E-state index is 0. The summed E-state index contributed by atoms with van der Waals surface area (Å²) in [7, 11) is 1.95. The van der Waals surface area contributed by atoms with Gasteiger partial charge in [-0.3, -0.25) is 14.4 Å². The number of rotatable bonds is 42. The lowest BCUT2D eigenvalue weighted by Gasteiger charge is -2.24. The molecule has 0 heterocycles. The maximum Gasteiger partial charge on any atom is 0.308 e. The predicted octanol–water partition coefficient (Wildman–Crippen LogP) is 28.1. The Hall–Kier alpha value is -2.15. The van der Waals surface area contributed by atoms with Crippen LogP contribution in [0.1, 0.15) is 402 Å². The van der Waals surface area contributed by atoms with E-state index in [-0.39, 0.29) is 55.5 Å². The zero-order valence-electron chi connectivity index (χ0n) is 68.7. The molecule has 92 heavy (non-hydrogen) atoms. The van der Waals surface area contributed by atoms with Crippen LogP contribution in [0.3, 0.4) is 0 Å². The summed E-state index contributed by atoms with van der Waals surface area (Å²) in [5.74, 6) is 7.82. The van der Waals surface area contributed by atoms with Crippen molar-refractivity contribution in [2.75, 3.05) is 7.05 Å². The van der Waals surface area contributed by atoms with Crippen molar-refractivity contribution in [2.24, 2.45) is 76.9 Å². The van der Waals surface area contributed by atoms with Crippen molar-refractivity contribution < 1.29 is 28.6 Å². The van der Waals surface area contributed by atoms with E-state index in [1.54, 1.807) is 0 Å². The van der Waals surface area contributed by atoms with E-state index < -0.39 is 0 Å². The lowest BCUT2D eigenvalue weighted by atomic mass is 9.96. The van der Waals surface area contributed by atoms with Gasteiger partial charge in [0.05, 0.1) is 24.0 Å². The summed E-state index contributed by atoms with van der Waals surface area (Å²) in [6.45, 7) is 68.5. The second kappa shape index (κ2) is 79.5. The molecule has 0 saturated carbocycles. The van der Waals surface area contributed by atoms with E-state index in [0.717, 1.165) is 60.2 Å². The Morgan fingerprint density at radius 3 is 0.783 bits per heavy atom. The van der Waals surface area contributed by atoms with Crippen LogP contribution >= 0.6 is 0 Å². The molecule has 0 aromatic rings. The highest BCUT2D eigenvalue weighted by molar-refractivity contribution is 5.72. The third-order valence-corrected chi connectivity index (χ3v) is 15.5. The second-order valence-corrected chi connectivity index (χ2v) is 31.5. The van der Waals surface area contributed by atoms with Crippen molar-refractivity contribution in [1.29, 1.82) is 0 Å². The first-order valence-electron chi connectivity index (χ1n) is 38.9. The summed E-state index contributed by atoms with van der Waals surface area (Å²) in [5, 5.41) is 3.03. The van der Waals surface area contributed by atoms with E-state index in [1.807, 2.05) is 62.4 Å². The van der Waals surface area contributed by atoms with Crippen molar-refractivity contribution in [3.63, 3.8) is 0 Å². The molecule has 0 aliphatic rings. The molecular weight excluding hydrogens is 1130 g/mol. The number of nitrogens with one attached hydrogen (secondary N) is 1. The fourth-order valence-corrected chi connectivity index (χ4v) is 8.36. The van der Waals surface area contributed by atoms with Crippen LogP contribution in [0.2, 0.25) is 0 Å². The average molecular weight is 1310 g/mol. The van der Waals surface area contributed by atoms with Gasteiger partial charge in [-0.1, -0.05) is 360 Å². The summed E-state index contributed by atoms with van der Waals surface area (Å²) >= 11 is 0. The zero-order chi connectivity index (χ0) is 72.3. The quantitative estimate of drug-likeness (QED) is 0.0282. The van der Waals surface area contributed by atoms with Crippen molar-refractivity contribution >= 4 is 17.9 Å². The molecule has 2 atom stereocenters. The second-order valence-electron chi connectivity index (χ2n) is 31.5. The van der Waals surface area contributed by atoms with Crippen LogP contribution in [0.15, 0.2) is 24.3 Å². The van der Waals surface area contributed by atoms with E-state index in [2.05, 4.69) is 196 Å². The van der Waals surface area contributed by atoms with Gasteiger partial charge < -0.3 is 19.5 Å². The summed E-state index contributed by atoms with van der Waals surface area (Å²) in [4.78, 5) is 33.1. The van der Waals surface area contributed by atoms with Gasteiger partial charge in [-0.25, -0.2) is 0 Å². The van der Waals surface area contributed by atoms with Gasteiger partial charge in [0.2, 0.25) is 0 Å². The van der Waals surface area contributed by atoms with Crippen LogP contribution in [0.25, 0.3) is 0 Å². The maximum absolute atomic E-state index is 11.6. The first kappa shape index (κ1) is 109. The van der Waals surface area contributed by atoms with Crippen LogP contribution in [0.5, 0.6) is 0 Å². The van der Waals surface area contributed by atoms with Gasteiger partial charge in [-0.05, 0) is 132 Å². The normalized spacial score (nSPS) is 11.9. The molecule has 1 N–H and O–H groups in total. The highest BCUT2D eigenvalue weighted by Crippen LogP contribution is 2.19. The molecule has 0 aliphatic carbocycles. The largest absolute Gasteiger partial charge is 0.463 e. The van der Waals surface area contributed by atoms with Gasteiger partial charge >= 0.3 is 17.9 Å². The molecule has 0 spiro atoms. The Kier molecular flexibility index (Phi) is 93.8. The van der Waals surface area contributed by atoms with Crippen LogP contribution in [0.4, 0.5) is 0 Å². The minimum atomic E-state index is -0.120. The van der Waals surface area contributed by atoms with Crippen LogP contribution in [0, 0.1) is 76.9 Å². The summed E-state index contributed by atoms with van der Waals surface area (Å²) in [6.07, 6.45) is 45.9. The summed E-state index contributed by atoms with van der Waals surface area (Å²) in [5.41, 5.74) is 0. The predicted molar refractivity (Wildman–Crippen MR) is 419 cm³/mol. The highest BCUT2D eigenvalue weighted by Gasteiger charge is 2.21. The Balaban J connectivity index is -0.000000124. The number of hydrogen-bond acceptors (Lipinski definition) is 7. The van der Waals surface area contributed by atoms with Gasteiger partial charge in [-0.2, -0.15) is 0 Å². The number of allylic oxidation sites excluding steroid dienone is 4. The van der Waals surface area contributed by atoms with Gasteiger partial charge in [-0.15, -0.1) is 0 Å². The van der Waals surface area contributed by atoms with Gasteiger partial charge in [0, 0.05) is 12.5 Å². The van der Waals surface area contributed by atoms with Crippen LogP contribution in [-0.2, 0) is 28.6 Å². The van der Waals surface area contributed by atoms with Crippen molar-refractivity contribution in [3.05, 3.63) is 24.3 Å². The molecule has 0 amide bonds. The van der Waals surface area contributed by atoms with E-state index in [0.29, 0.717) is 30.2 Å². The maximum atomic E-state index is 11.6.